The van der Waals surface area contributed by atoms with Crippen molar-refractivity contribution in [2.45, 2.75) is 71.4 Å². The van der Waals surface area contributed by atoms with E-state index >= 15 is 0 Å². The average molecular weight is 382 g/mol. The van der Waals surface area contributed by atoms with Crippen LogP contribution in [-0.2, 0) is 38.1 Å². The maximum absolute atomic E-state index is 12.5. The number of ether oxygens (including phenoxy) is 4. The van der Waals surface area contributed by atoms with Gasteiger partial charge in [-0.3, -0.25) is 14.4 Å². The van der Waals surface area contributed by atoms with Crippen LogP contribution in [0, 0.1) is 11.8 Å². The fraction of sp³-hybridized carbons (Fsp3) is 0.684. The summed E-state index contributed by atoms with van der Waals surface area (Å²) in [5, 5.41) is 0. The van der Waals surface area contributed by atoms with Gasteiger partial charge in [0.1, 0.15) is 11.2 Å². The Kier molecular flexibility index (Phi) is 5.68. The third-order valence-electron chi connectivity index (χ3n) is 5.32. The Morgan fingerprint density at radius 2 is 1.81 bits per heavy atom. The smallest absolute Gasteiger partial charge is 0.336 e. The van der Waals surface area contributed by atoms with Gasteiger partial charge >= 0.3 is 23.9 Å². The molecule has 8 nitrogen and oxygen atoms in total. The minimum absolute atomic E-state index is 0.160. The van der Waals surface area contributed by atoms with E-state index in [0.29, 0.717) is 19.3 Å². The van der Waals surface area contributed by atoms with Gasteiger partial charge in [0.05, 0.1) is 5.92 Å². The highest BCUT2D eigenvalue weighted by molar-refractivity contribution is 5.95. The Labute approximate surface area is 158 Å². The van der Waals surface area contributed by atoms with Crippen molar-refractivity contribution in [2.75, 3.05) is 0 Å². The Balaban J connectivity index is 1.96. The molecule has 5 unspecified atom stereocenters. The first kappa shape index (κ1) is 20.9. The Morgan fingerprint density at radius 3 is 2.41 bits per heavy atom. The minimum atomic E-state index is -1.23. The lowest BCUT2D eigenvalue weighted by molar-refractivity contribution is -0.205. The molecule has 0 aromatic heterocycles. The van der Waals surface area contributed by atoms with E-state index in [0.717, 1.165) is 0 Å². The molecule has 0 amide bonds. The molecular weight excluding hydrogens is 356 g/mol. The van der Waals surface area contributed by atoms with Crippen molar-refractivity contribution in [2.24, 2.45) is 11.8 Å². The van der Waals surface area contributed by atoms with Crippen molar-refractivity contribution in [3.05, 3.63) is 12.2 Å². The maximum atomic E-state index is 12.5. The molecule has 2 aliphatic rings. The summed E-state index contributed by atoms with van der Waals surface area (Å²) in [7, 11) is 0. The molecule has 2 fully saturated rings. The molecule has 1 saturated heterocycles. The first-order chi connectivity index (χ1) is 12.4. The van der Waals surface area contributed by atoms with Gasteiger partial charge in [0, 0.05) is 18.9 Å². The van der Waals surface area contributed by atoms with Crippen molar-refractivity contribution >= 4 is 23.9 Å². The minimum Gasteiger partial charge on any atom is -0.455 e. The first-order valence-corrected chi connectivity index (χ1v) is 8.91. The molecule has 0 N–H and O–H groups in total. The van der Waals surface area contributed by atoms with Crippen LogP contribution in [0.3, 0.4) is 0 Å². The van der Waals surface area contributed by atoms with Gasteiger partial charge in [-0.05, 0) is 40.5 Å². The molecule has 0 spiro atoms. The number of hydrogen-bond donors (Lipinski definition) is 0. The molecule has 5 atom stereocenters. The third-order valence-corrected chi connectivity index (χ3v) is 5.32. The first-order valence-electron chi connectivity index (χ1n) is 8.91. The number of fused-ring (bicyclic) bond motifs is 2. The lowest BCUT2D eigenvalue weighted by Crippen LogP contribution is -2.55. The summed E-state index contributed by atoms with van der Waals surface area (Å²) in [5.74, 6) is -4.06. The van der Waals surface area contributed by atoms with Crippen LogP contribution >= 0.6 is 0 Å². The van der Waals surface area contributed by atoms with Gasteiger partial charge < -0.3 is 18.9 Å². The van der Waals surface area contributed by atoms with Crippen molar-refractivity contribution in [3.63, 3.8) is 0 Å². The quantitative estimate of drug-likeness (QED) is 0.226. The summed E-state index contributed by atoms with van der Waals surface area (Å²) < 4.78 is 20.9. The number of carbonyl (C=O) groups excluding carboxylic acids is 4. The van der Waals surface area contributed by atoms with Crippen molar-refractivity contribution in [1.82, 2.24) is 0 Å². The maximum Gasteiger partial charge on any atom is 0.336 e. The van der Waals surface area contributed by atoms with Crippen LogP contribution in [0.1, 0.15) is 53.9 Å². The third kappa shape index (κ3) is 4.14. The zero-order valence-electron chi connectivity index (χ0n) is 16.3. The predicted octanol–water partition coefficient (Wildman–Crippen LogP) is 2.05. The van der Waals surface area contributed by atoms with E-state index in [1.165, 1.54) is 20.8 Å². The second kappa shape index (κ2) is 7.32. The second-order valence-electron chi connectivity index (χ2n) is 7.66. The van der Waals surface area contributed by atoms with E-state index < -0.39 is 41.3 Å². The van der Waals surface area contributed by atoms with Crippen LogP contribution in [0.15, 0.2) is 12.2 Å². The standard InChI is InChI=1S/C19H26O8/c1-10(2)14(20)24-12(4)25-15(21)11(3)16(22)26-18(5)8-7-13-9-19(18,6)27-17(13)23/h11-13H,1,7-9H2,2-6H3. The SMILES string of the molecule is C=C(C)C(=O)OC(C)OC(=O)C(C)C(=O)OC1(C)CCC2CC1(C)OC2=O. The highest BCUT2D eigenvalue weighted by atomic mass is 16.7. The van der Waals surface area contributed by atoms with Crippen LogP contribution < -0.4 is 0 Å². The Hall–Kier alpha value is -2.38. The van der Waals surface area contributed by atoms with E-state index in [2.05, 4.69) is 6.58 Å². The second-order valence-corrected chi connectivity index (χ2v) is 7.66. The molecule has 150 valence electrons. The number of esters is 4. The molecular formula is C19H26O8. The van der Waals surface area contributed by atoms with E-state index in [4.69, 9.17) is 18.9 Å². The molecule has 0 radical (unpaired) electrons. The van der Waals surface area contributed by atoms with Crippen molar-refractivity contribution in [3.8, 4) is 0 Å². The van der Waals surface area contributed by atoms with Gasteiger partial charge in [-0.1, -0.05) is 6.58 Å². The van der Waals surface area contributed by atoms with Gasteiger partial charge in [-0.2, -0.15) is 0 Å². The summed E-state index contributed by atoms with van der Waals surface area (Å²) in [6, 6.07) is 0. The molecule has 2 bridgehead atoms. The highest BCUT2D eigenvalue weighted by Crippen LogP contribution is 2.50. The normalized spacial score (nSPS) is 31.3. The molecule has 0 aromatic carbocycles. The molecule has 1 aliphatic heterocycles. The zero-order chi connectivity index (χ0) is 20.6. The topological polar surface area (TPSA) is 105 Å². The zero-order valence-corrected chi connectivity index (χ0v) is 16.3. The summed E-state index contributed by atoms with van der Waals surface area (Å²) in [4.78, 5) is 47.9. The van der Waals surface area contributed by atoms with E-state index in [-0.39, 0.29) is 17.5 Å². The van der Waals surface area contributed by atoms with Gasteiger partial charge in [-0.15, -0.1) is 0 Å². The van der Waals surface area contributed by atoms with Gasteiger partial charge in [0.2, 0.25) is 6.29 Å². The fourth-order valence-electron chi connectivity index (χ4n) is 3.27. The lowest BCUT2D eigenvalue weighted by Gasteiger charge is -2.44. The van der Waals surface area contributed by atoms with Crippen LogP contribution in [0.2, 0.25) is 0 Å². The Morgan fingerprint density at radius 1 is 1.19 bits per heavy atom. The molecule has 1 saturated carbocycles. The van der Waals surface area contributed by atoms with Gasteiger partial charge in [0.15, 0.2) is 5.92 Å². The van der Waals surface area contributed by atoms with E-state index in [9.17, 15) is 19.2 Å². The highest BCUT2D eigenvalue weighted by Gasteiger charge is 2.61. The van der Waals surface area contributed by atoms with Gasteiger partial charge in [-0.25, -0.2) is 4.79 Å². The number of hydrogen-bond acceptors (Lipinski definition) is 8. The lowest BCUT2D eigenvalue weighted by atomic mass is 9.71. The molecule has 27 heavy (non-hydrogen) atoms. The molecule has 0 aromatic rings. The van der Waals surface area contributed by atoms with Crippen LogP contribution in [0.25, 0.3) is 0 Å². The van der Waals surface area contributed by atoms with Crippen LogP contribution in [0.4, 0.5) is 0 Å². The van der Waals surface area contributed by atoms with Gasteiger partial charge in [0.25, 0.3) is 0 Å². The fourth-order valence-corrected chi connectivity index (χ4v) is 3.27. The monoisotopic (exact) mass is 382 g/mol. The van der Waals surface area contributed by atoms with Crippen LogP contribution in [-0.4, -0.2) is 41.4 Å². The predicted molar refractivity (Wildman–Crippen MR) is 92.0 cm³/mol. The molecule has 2 rings (SSSR count). The van der Waals surface area contributed by atoms with Crippen LogP contribution in [0.5, 0.6) is 0 Å². The Bertz CT molecular complexity index is 683. The summed E-state index contributed by atoms with van der Waals surface area (Å²) >= 11 is 0. The van der Waals surface area contributed by atoms with E-state index in [1.54, 1.807) is 13.8 Å². The summed E-state index contributed by atoms with van der Waals surface area (Å²) in [5.41, 5.74) is -1.79. The number of carbonyl (C=O) groups is 4. The summed E-state index contributed by atoms with van der Waals surface area (Å²) in [6.07, 6.45) is 0.323. The van der Waals surface area contributed by atoms with Crippen molar-refractivity contribution < 1.29 is 38.1 Å². The van der Waals surface area contributed by atoms with Crippen molar-refractivity contribution in [1.29, 1.82) is 0 Å². The summed E-state index contributed by atoms with van der Waals surface area (Å²) in [6.45, 7) is 11.0. The average Bonchev–Trinajstić information content (AvgIpc) is 2.82. The molecule has 8 heteroatoms. The van der Waals surface area contributed by atoms with E-state index in [1.807, 2.05) is 0 Å². The largest absolute Gasteiger partial charge is 0.455 e. The number of rotatable bonds is 6. The molecule has 1 heterocycles. The molecule has 1 aliphatic carbocycles.